The molecule has 0 amide bonds. The third-order valence-corrected chi connectivity index (χ3v) is 2.55. The van der Waals surface area contributed by atoms with Gasteiger partial charge in [0.25, 0.3) is 0 Å². The largest absolute Gasteiger partial charge is 0.492 e. The molecule has 0 saturated heterocycles. The Bertz CT molecular complexity index is 300. The minimum absolute atomic E-state index is 0.0995. The molecule has 0 atom stereocenters. The SMILES string of the molecule is CCOC(CCNCCOc1ccccc1)OCC. The summed E-state index contributed by atoms with van der Waals surface area (Å²) in [5.41, 5.74) is 0. The molecule has 0 radical (unpaired) electrons. The summed E-state index contributed by atoms with van der Waals surface area (Å²) in [5, 5.41) is 3.32. The van der Waals surface area contributed by atoms with Crippen molar-refractivity contribution in [2.45, 2.75) is 26.6 Å². The quantitative estimate of drug-likeness (QED) is 0.494. The van der Waals surface area contributed by atoms with Crippen LogP contribution in [0.4, 0.5) is 0 Å². The molecule has 0 aliphatic carbocycles. The predicted octanol–water partition coefficient (Wildman–Crippen LogP) is 2.44. The molecule has 1 N–H and O–H groups in total. The number of hydrogen-bond donors (Lipinski definition) is 1. The summed E-state index contributed by atoms with van der Waals surface area (Å²) in [5.74, 6) is 0.908. The van der Waals surface area contributed by atoms with Crippen molar-refractivity contribution in [3.63, 3.8) is 0 Å². The smallest absolute Gasteiger partial charge is 0.158 e. The van der Waals surface area contributed by atoms with Gasteiger partial charge in [-0.3, -0.25) is 0 Å². The van der Waals surface area contributed by atoms with Crippen molar-refractivity contribution >= 4 is 0 Å². The van der Waals surface area contributed by atoms with Crippen LogP contribution in [0, 0.1) is 0 Å². The Hall–Kier alpha value is -1.10. The Morgan fingerprint density at radius 2 is 1.68 bits per heavy atom. The number of nitrogens with one attached hydrogen (secondary N) is 1. The standard InChI is InChI=1S/C15H25NO3/c1-3-17-15(18-4-2)10-11-16-12-13-19-14-8-6-5-7-9-14/h5-9,15-16H,3-4,10-13H2,1-2H3. The summed E-state index contributed by atoms with van der Waals surface area (Å²) in [7, 11) is 0. The lowest BCUT2D eigenvalue weighted by Crippen LogP contribution is -2.27. The van der Waals surface area contributed by atoms with Gasteiger partial charge >= 0.3 is 0 Å². The van der Waals surface area contributed by atoms with Crippen molar-refractivity contribution < 1.29 is 14.2 Å². The molecule has 1 aromatic carbocycles. The molecule has 0 aliphatic rings. The van der Waals surface area contributed by atoms with Crippen molar-refractivity contribution in [1.82, 2.24) is 5.32 Å². The van der Waals surface area contributed by atoms with E-state index in [0.29, 0.717) is 19.8 Å². The molecule has 0 saturated carbocycles. The van der Waals surface area contributed by atoms with Crippen molar-refractivity contribution in [2.75, 3.05) is 32.9 Å². The van der Waals surface area contributed by atoms with Gasteiger partial charge in [0.2, 0.25) is 0 Å². The van der Waals surface area contributed by atoms with Gasteiger partial charge in [0.1, 0.15) is 12.4 Å². The Morgan fingerprint density at radius 1 is 1.00 bits per heavy atom. The van der Waals surface area contributed by atoms with Crippen molar-refractivity contribution in [3.8, 4) is 5.75 Å². The van der Waals surface area contributed by atoms with Crippen LogP contribution in [0.3, 0.4) is 0 Å². The van der Waals surface area contributed by atoms with Crippen LogP contribution in [0.15, 0.2) is 30.3 Å². The molecule has 1 aromatic rings. The van der Waals surface area contributed by atoms with Crippen LogP contribution in [0.1, 0.15) is 20.3 Å². The highest BCUT2D eigenvalue weighted by atomic mass is 16.7. The van der Waals surface area contributed by atoms with Gasteiger partial charge in [0.15, 0.2) is 6.29 Å². The number of hydrogen-bond acceptors (Lipinski definition) is 4. The maximum absolute atomic E-state index is 5.58. The molecule has 1 rings (SSSR count). The van der Waals surface area contributed by atoms with E-state index in [9.17, 15) is 0 Å². The highest BCUT2D eigenvalue weighted by Gasteiger charge is 2.06. The fourth-order valence-corrected chi connectivity index (χ4v) is 1.69. The number of rotatable bonds is 11. The number of benzene rings is 1. The molecule has 0 spiro atoms. The monoisotopic (exact) mass is 267 g/mol. The fraction of sp³-hybridized carbons (Fsp3) is 0.600. The molecule has 0 fully saturated rings. The average molecular weight is 267 g/mol. The van der Waals surface area contributed by atoms with Crippen molar-refractivity contribution in [2.24, 2.45) is 0 Å². The minimum atomic E-state index is -0.0995. The molecule has 0 aromatic heterocycles. The van der Waals surface area contributed by atoms with Crippen molar-refractivity contribution in [1.29, 1.82) is 0 Å². The van der Waals surface area contributed by atoms with Gasteiger partial charge in [0, 0.05) is 32.7 Å². The van der Waals surface area contributed by atoms with Gasteiger partial charge in [-0.1, -0.05) is 18.2 Å². The highest BCUT2D eigenvalue weighted by molar-refractivity contribution is 5.20. The van der Waals surface area contributed by atoms with Crippen molar-refractivity contribution in [3.05, 3.63) is 30.3 Å². The first-order chi connectivity index (χ1) is 9.36. The Balaban J connectivity index is 2.01. The lowest BCUT2D eigenvalue weighted by molar-refractivity contribution is -0.138. The van der Waals surface area contributed by atoms with Crippen LogP contribution < -0.4 is 10.1 Å². The van der Waals surface area contributed by atoms with Gasteiger partial charge in [-0.25, -0.2) is 0 Å². The molecule has 0 unspecified atom stereocenters. The van der Waals surface area contributed by atoms with Crippen LogP contribution in [0.25, 0.3) is 0 Å². The minimum Gasteiger partial charge on any atom is -0.492 e. The molecule has 108 valence electrons. The zero-order valence-corrected chi connectivity index (χ0v) is 11.9. The summed E-state index contributed by atoms with van der Waals surface area (Å²) < 4.78 is 16.5. The summed E-state index contributed by atoms with van der Waals surface area (Å²) in [4.78, 5) is 0. The third kappa shape index (κ3) is 7.82. The Kier molecular flexibility index (Phi) is 9.06. The van der Waals surface area contributed by atoms with E-state index in [4.69, 9.17) is 14.2 Å². The summed E-state index contributed by atoms with van der Waals surface area (Å²) in [6.45, 7) is 7.67. The van der Waals surface area contributed by atoms with Crippen LogP contribution >= 0.6 is 0 Å². The second kappa shape index (κ2) is 10.8. The molecule has 0 heterocycles. The van der Waals surface area contributed by atoms with Gasteiger partial charge in [-0.15, -0.1) is 0 Å². The number of para-hydroxylation sites is 1. The van der Waals surface area contributed by atoms with Gasteiger partial charge < -0.3 is 19.5 Å². The first kappa shape index (κ1) is 16.0. The predicted molar refractivity (Wildman–Crippen MR) is 76.5 cm³/mol. The maximum atomic E-state index is 5.58. The molecule has 4 heteroatoms. The maximum Gasteiger partial charge on any atom is 0.158 e. The molecular formula is C15H25NO3. The van der Waals surface area contributed by atoms with E-state index in [0.717, 1.165) is 25.3 Å². The molecular weight excluding hydrogens is 242 g/mol. The topological polar surface area (TPSA) is 39.7 Å². The van der Waals surface area contributed by atoms with Crippen LogP contribution in [0.5, 0.6) is 5.75 Å². The van der Waals surface area contributed by atoms with E-state index in [1.807, 2.05) is 44.2 Å². The lowest BCUT2D eigenvalue weighted by Gasteiger charge is -2.17. The first-order valence-corrected chi connectivity index (χ1v) is 6.98. The van der Waals surface area contributed by atoms with E-state index in [2.05, 4.69) is 5.32 Å². The summed E-state index contributed by atoms with van der Waals surface area (Å²) in [6.07, 6.45) is 0.755. The number of ether oxygens (including phenoxy) is 3. The fourth-order valence-electron chi connectivity index (χ4n) is 1.69. The van der Waals surface area contributed by atoms with E-state index in [1.165, 1.54) is 0 Å². The van der Waals surface area contributed by atoms with E-state index in [1.54, 1.807) is 0 Å². The second-order valence-electron chi connectivity index (χ2n) is 4.04. The van der Waals surface area contributed by atoms with E-state index in [-0.39, 0.29) is 6.29 Å². The molecule has 4 nitrogen and oxygen atoms in total. The summed E-state index contributed by atoms with van der Waals surface area (Å²) >= 11 is 0. The highest BCUT2D eigenvalue weighted by Crippen LogP contribution is 2.07. The zero-order chi connectivity index (χ0) is 13.8. The Morgan fingerprint density at radius 3 is 2.32 bits per heavy atom. The van der Waals surface area contributed by atoms with Crippen LogP contribution in [0.2, 0.25) is 0 Å². The van der Waals surface area contributed by atoms with Crippen LogP contribution in [-0.2, 0) is 9.47 Å². The van der Waals surface area contributed by atoms with Gasteiger partial charge in [0.05, 0.1) is 0 Å². The summed E-state index contributed by atoms with van der Waals surface area (Å²) in [6, 6.07) is 9.84. The van der Waals surface area contributed by atoms with Gasteiger partial charge in [-0.2, -0.15) is 0 Å². The first-order valence-electron chi connectivity index (χ1n) is 6.98. The third-order valence-electron chi connectivity index (χ3n) is 2.55. The van der Waals surface area contributed by atoms with E-state index < -0.39 is 0 Å². The molecule has 0 bridgehead atoms. The normalized spacial score (nSPS) is 10.9. The molecule has 0 aliphatic heterocycles. The zero-order valence-electron chi connectivity index (χ0n) is 11.9. The molecule has 19 heavy (non-hydrogen) atoms. The second-order valence-corrected chi connectivity index (χ2v) is 4.04. The van der Waals surface area contributed by atoms with Gasteiger partial charge in [-0.05, 0) is 26.0 Å². The van der Waals surface area contributed by atoms with Crippen LogP contribution in [-0.4, -0.2) is 39.2 Å². The average Bonchev–Trinajstić information content (AvgIpc) is 2.44. The lowest BCUT2D eigenvalue weighted by atomic mass is 10.3. The van der Waals surface area contributed by atoms with E-state index >= 15 is 0 Å². The Labute approximate surface area is 116 Å².